The highest BCUT2D eigenvalue weighted by atomic mass is 127. The maximum Gasteiger partial charge on any atom is 0.0334 e. The normalized spacial score (nSPS) is 20.4. The van der Waals surface area contributed by atoms with Crippen molar-refractivity contribution in [3.05, 3.63) is 33.4 Å². The van der Waals surface area contributed by atoms with E-state index >= 15 is 0 Å². The summed E-state index contributed by atoms with van der Waals surface area (Å²) in [6, 6.07) is 9.53. The highest BCUT2D eigenvalue weighted by Crippen LogP contribution is 2.29. The molecular formula is C18H29IN2. The Morgan fingerprint density at radius 2 is 1.81 bits per heavy atom. The summed E-state index contributed by atoms with van der Waals surface area (Å²) in [4.78, 5) is 2.72. The van der Waals surface area contributed by atoms with Crippen molar-refractivity contribution in [2.75, 3.05) is 19.6 Å². The van der Waals surface area contributed by atoms with Gasteiger partial charge in [0.15, 0.2) is 0 Å². The van der Waals surface area contributed by atoms with Gasteiger partial charge in [-0.05, 0) is 92.5 Å². The number of likely N-dealkylation sites (N-methyl/N-ethyl adjacent to an activating group) is 1. The Kier molecular flexibility index (Phi) is 6.51. The van der Waals surface area contributed by atoms with Gasteiger partial charge in [-0.25, -0.2) is 0 Å². The summed E-state index contributed by atoms with van der Waals surface area (Å²) >= 11 is 2.38. The van der Waals surface area contributed by atoms with Gasteiger partial charge in [0.2, 0.25) is 0 Å². The largest absolute Gasteiger partial charge is 0.312 e. The van der Waals surface area contributed by atoms with Crippen molar-refractivity contribution in [3.8, 4) is 0 Å². The maximum absolute atomic E-state index is 3.77. The topological polar surface area (TPSA) is 15.3 Å². The lowest BCUT2D eigenvalue weighted by molar-refractivity contribution is 0.0847. The minimum absolute atomic E-state index is 0.259. The molecule has 1 aromatic rings. The second kappa shape index (κ2) is 7.93. The molecule has 1 aromatic carbocycles. The lowest BCUT2D eigenvalue weighted by atomic mass is 9.83. The third-order valence-electron chi connectivity index (χ3n) is 5.10. The first kappa shape index (κ1) is 17.2. The van der Waals surface area contributed by atoms with Gasteiger partial charge in [-0.1, -0.05) is 26.0 Å². The minimum atomic E-state index is 0.259. The van der Waals surface area contributed by atoms with Crippen molar-refractivity contribution in [2.24, 2.45) is 0 Å². The molecule has 1 aliphatic heterocycles. The molecule has 1 fully saturated rings. The van der Waals surface area contributed by atoms with Crippen LogP contribution >= 0.6 is 22.6 Å². The monoisotopic (exact) mass is 400 g/mol. The molecule has 21 heavy (non-hydrogen) atoms. The standard InChI is InChI=1S/C18H29IN2/c1-4-18(3,21-12-6-7-13-21)17(20-5-2)14-15-8-10-16(19)11-9-15/h8-11,17,20H,4-7,12-14H2,1-3H3. The number of hydrogen-bond acceptors (Lipinski definition) is 2. The van der Waals surface area contributed by atoms with Gasteiger partial charge in [-0.3, -0.25) is 4.90 Å². The van der Waals surface area contributed by atoms with Gasteiger partial charge >= 0.3 is 0 Å². The highest BCUT2D eigenvalue weighted by Gasteiger charge is 2.38. The molecule has 0 bridgehead atoms. The lowest BCUT2D eigenvalue weighted by Gasteiger charge is -2.45. The van der Waals surface area contributed by atoms with Crippen LogP contribution in [-0.2, 0) is 6.42 Å². The van der Waals surface area contributed by atoms with Gasteiger partial charge in [-0.15, -0.1) is 0 Å². The van der Waals surface area contributed by atoms with Gasteiger partial charge in [0.25, 0.3) is 0 Å². The Hall–Kier alpha value is -0.130. The van der Waals surface area contributed by atoms with Crippen LogP contribution in [0.15, 0.2) is 24.3 Å². The summed E-state index contributed by atoms with van der Waals surface area (Å²) < 4.78 is 1.31. The van der Waals surface area contributed by atoms with E-state index in [-0.39, 0.29) is 5.54 Å². The molecule has 0 aromatic heterocycles. The summed E-state index contributed by atoms with van der Waals surface area (Å²) in [7, 11) is 0. The van der Waals surface area contributed by atoms with Gasteiger partial charge in [0.1, 0.15) is 0 Å². The number of nitrogens with one attached hydrogen (secondary N) is 1. The number of nitrogens with zero attached hydrogens (tertiary/aromatic N) is 1. The summed E-state index contributed by atoms with van der Waals surface area (Å²) in [6.07, 6.45) is 5.04. The van der Waals surface area contributed by atoms with E-state index in [9.17, 15) is 0 Å². The van der Waals surface area contributed by atoms with Crippen molar-refractivity contribution < 1.29 is 0 Å². The smallest absolute Gasteiger partial charge is 0.0334 e. The fraction of sp³-hybridized carbons (Fsp3) is 0.667. The first-order chi connectivity index (χ1) is 10.1. The third kappa shape index (κ3) is 4.20. The average Bonchev–Trinajstić information content (AvgIpc) is 3.03. The van der Waals surface area contributed by atoms with Crippen LogP contribution in [0.3, 0.4) is 0 Å². The molecule has 2 nitrogen and oxygen atoms in total. The van der Waals surface area contributed by atoms with E-state index < -0.39 is 0 Å². The van der Waals surface area contributed by atoms with Gasteiger partial charge < -0.3 is 5.32 Å². The molecule has 1 heterocycles. The summed E-state index contributed by atoms with van der Waals surface area (Å²) in [5.41, 5.74) is 1.70. The van der Waals surface area contributed by atoms with Gasteiger partial charge in [0, 0.05) is 15.2 Å². The second-order valence-corrected chi connectivity index (χ2v) is 7.59. The molecule has 1 aliphatic rings. The maximum atomic E-state index is 3.77. The molecule has 2 rings (SSSR count). The van der Waals surface area contributed by atoms with Crippen LogP contribution in [0.2, 0.25) is 0 Å². The zero-order chi connectivity index (χ0) is 15.3. The zero-order valence-corrected chi connectivity index (χ0v) is 15.8. The minimum Gasteiger partial charge on any atom is -0.312 e. The third-order valence-corrected chi connectivity index (χ3v) is 5.82. The van der Waals surface area contributed by atoms with E-state index in [1.54, 1.807) is 0 Å². The predicted octanol–water partition coefficient (Wildman–Crippen LogP) is 4.08. The van der Waals surface area contributed by atoms with E-state index in [0.717, 1.165) is 13.0 Å². The predicted molar refractivity (Wildman–Crippen MR) is 99.8 cm³/mol. The number of rotatable bonds is 7. The summed E-state index contributed by atoms with van der Waals surface area (Å²) in [6.45, 7) is 10.6. The van der Waals surface area contributed by atoms with Crippen molar-refractivity contribution >= 4 is 22.6 Å². The SMILES string of the molecule is CCNC(Cc1ccc(I)cc1)C(C)(CC)N1CCCC1. The first-order valence-corrected chi connectivity index (χ1v) is 9.41. The quantitative estimate of drug-likeness (QED) is 0.694. The Morgan fingerprint density at radius 1 is 1.19 bits per heavy atom. The Bertz CT molecular complexity index is 425. The van der Waals surface area contributed by atoms with Crippen molar-refractivity contribution in [3.63, 3.8) is 0 Å². The zero-order valence-electron chi connectivity index (χ0n) is 13.7. The summed E-state index contributed by atoms with van der Waals surface area (Å²) in [5, 5.41) is 3.77. The number of likely N-dealkylation sites (tertiary alicyclic amines) is 1. The van der Waals surface area contributed by atoms with Crippen LogP contribution in [0.25, 0.3) is 0 Å². The molecule has 0 spiro atoms. The molecule has 1 N–H and O–H groups in total. The number of hydrogen-bond donors (Lipinski definition) is 1. The number of benzene rings is 1. The lowest BCUT2D eigenvalue weighted by Crippen LogP contribution is -2.59. The first-order valence-electron chi connectivity index (χ1n) is 8.33. The molecule has 0 aliphatic carbocycles. The molecule has 2 atom stereocenters. The Labute approximate surface area is 143 Å². The molecule has 2 unspecified atom stereocenters. The van der Waals surface area contributed by atoms with Crippen LogP contribution in [0.1, 0.15) is 45.6 Å². The van der Waals surface area contributed by atoms with Gasteiger partial charge in [0.05, 0.1) is 0 Å². The second-order valence-electron chi connectivity index (χ2n) is 6.35. The molecular weight excluding hydrogens is 371 g/mol. The molecule has 3 heteroatoms. The molecule has 0 radical (unpaired) electrons. The van der Waals surface area contributed by atoms with Crippen LogP contribution in [0.5, 0.6) is 0 Å². The molecule has 118 valence electrons. The summed E-state index contributed by atoms with van der Waals surface area (Å²) in [5.74, 6) is 0. The van der Waals surface area contributed by atoms with Crippen LogP contribution in [0.4, 0.5) is 0 Å². The van der Waals surface area contributed by atoms with E-state index in [2.05, 4.69) is 77.8 Å². The fourth-order valence-electron chi connectivity index (χ4n) is 3.53. The van der Waals surface area contributed by atoms with E-state index in [4.69, 9.17) is 0 Å². The van der Waals surface area contributed by atoms with Crippen LogP contribution < -0.4 is 5.32 Å². The highest BCUT2D eigenvalue weighted by molar-refractivity contribution is 14.1. The van der Waals surface area contributed by atoms with Crippen molar-refractivity contribution in [2.45, 2.75) is 58.0 Å². The fourth-order valence-corrected chi connectivity index (χ4v) is 3.89. The Balaban J connectivity index is 2.17. The van der Waals surface area contributed by atoms with Crippen molar-refractivity contribution in [1.29, 1.82) is 0 Å². The molecule has 1 saturated heterocycles. The van der Waals surface area contributed by atoms with Gasteiger partial charge in [-0.2, -0.15) is 0 Å². The van der Waals surface area contributed by atoms with Crippen LogP contribution in [0, 0.1) is 3.57 Å². The van der Waals surface area contributed by atoms with Crippen LogP contribution in [-0.4, -0.2) is 36.1 Å². The Morgan fingerprint density at radius 3 is 2.33 bits per heavy atom. The molecule has 0 saturated carbocycles. The van der Waals surface area contributed by atoms with E-state index in [1.807, 2.05) is 0 Å². The van der Waals surface area contributed by atoms with E-state index in [1.165, 1.54) is 41.5 Å². The molecule has 0 amide bonds. The van der Waals surface area contributed by atoms with Crippen molar-refractivity contribution in [1.82, 2.24) is 10.2 Å². The van der Waals surface area contributed by atoms with E-state index in [0.29, 0.717) is 6.04 Å². The average molecular weight is 400 g/mol. The number of halogens is 1.